The van der Waals surface area contributed by atoms with Gasteiger partial charge in [0.25, 0.3) is 5.56 Å². The van der Waals surface area contributed by atoms with Crippen molar-refractivity contribution in [3.63, 3.8) is 0 Å². The first-order valence-electron chi connectivity index (χ1n) is 7.62. The third kappa shape index (κ3) is 3.17. The van der Waals surface area contributed by atoms with Gasteiger partial charge in [0.15, 0.2) is 5.52 Å². The van der Waals surface area contributed by atoms with Crippen molar-refractivity contribution in [1.29, 1.82) is 0 Å². The molecule has 3 aromatic rings. The molecular weight excluding hydrogens is 294 g/mol. The molecule has 6 heteroatoms. The van der Waals surface area contributed by atoms with Crippen molar-refractivity contribution in [2.45, 2.75) is 39.3 Å². The molecular formula is C17H19N3O3. The molecule has 120 valence electrons. The third-order valence-corrected chi connectivity index (χ3v) is 3.92. The van der Waals surface area contributed by atoms with Crippen LogP contribution < -0.4 is 5.56 Å². The van der Waals surface area contributed by atoms with Gasteiger partial charge in [-0.25, -0.2) is 4.68 Å². The van der Waals surface area contributed by atoms with Gasteiger partial charge in [-0.15, -0.1) is 0 Å². The summed E-state index contributed by atoms with van der Waals surface area (Å²) in [5, 5.41) is 19.0. The number of hydrogen-bond donors (Lipinski definition) is 1. The maximum absolute atomic E-state index is 12.4. The van der Waals surface area contributed by atoms with Crippen molar-refractivity contribution in [1.82, 2.24) is 14.9 Å². The Kier molecular flexibility index (Phi) is 4.25. The van der Waals surface area contributed by atoms with Crippen molar-refractivity contribution < 1.29 is 9.63 Å². The second-order valence-electron chi connectivity index (χ2n) is 5.71. The molecule has 2 heterocycles. The van der Waals surface area contributed by atoms with Gasteiger partial charge in [-0.3, -0.25) is 4.79 Å². The summed E-state index contributed by atoms with van der Waals surface area (Å²) >= 11 is 0. The van der Waals surface area contributed by atoms with Crippen LogP contribution in [0.15, 0.2) is 39.6 Å². The van der Waals surface area contributed by atoms with Crippen molar-refractivity contribution in [2.75, 3.05) is 0 Å². The third-order valence-electron chi connectivity index (χ3n) is 3.92. The van der Waals surface area contributed by atoms with E-state index in [2.05, 4.69) is 10.3 Å². The fourth-order valence-electron chi connectivity index (χ4n) is 2.74. The van der Waals surface area contributed by atoms with E-state index >= 15 is 0 Å². The molecule has 0 fully saturated rings. The van der Waals surface area contributed by atoms with Gasteiger partial charge >= 0.3 is 0 Å². The number of aliphatic hydroxyl groups is 1. The minimum absolute atomic E-state index is 0.147. The summed E-state index contributed by atoms with van der Waals surface area (Å²) in [4.78, 5) is 12.4. The Morgan fingerprint density at radius 2 is 2.00 bits per heavy atom. The Balaban J connectivity index is 1.76. The number of benzene rings is 1. The van der Waals surface area contributed by atoms with Crippen LogP contribution in [0.1, 0.15) is 23.4 Å². The SMILES string of the molecule is Cc1nn(C[C@@H](O)CCc2ccccc2)c(=O)c2noc(C)c12. The van der Waals surface area contributed by atoms with E-state index in [0.717, 1.165) is 12.0 Å². The average molecular weight is 313 g/mol. The number of aliphatic hydroxyl groups excluding tert-OH is 1. The summed E-state index contributed by atoms with van der Waals surface area (Å²) in [7, 11) is 0. The van der Waals surface area contributed by atoms with Crippen LogP contribution in [-0.2, 0) is 13.0 Å². The molecule has 2 aromatic heterocycles. The van der Waals surface area contributed by atoms with Crippen LogP contribution in [0, 0.1) is 13.8 Å². The van der Waals surface area contributed by atoms with Crippen LogP contribution in [0.2, 0.25) is 0 Å². The van der Waals surface area contributed by atoms with Crippen LogP contribution in [0.4, 0.5) is 0 Å². The van der Waals surface area contributed by atoms with Crippen LogP contribution in [0.3, 0.4) is 0 Å². The molecule has 0 saturated heterocycles. The first-order valence-corrected chi connectivity index (χ1v) is 7.62. The Morgan fingerprint density at radius 1 is 1.26 bits per heavy atom. The molecule has 23 heavy (non-hydrogen) atoms. The van der Waals surface area contributed by atoms with E-state index in [-0.39, 0.29) is 17.6 Å². The number of rotatable bonds is 5. The van der Waals surface area contributed by atoms with Crippen LogP contribution >= 0.6 is 0 Å². The molecule has 1 atom stereocenters. The standard InChI is InChI=1S/C17H19N3O3/c1-11-15-12(2)23-19-16(15)17(22)20(18-11)10-14(21)9-8-13-6-4-3-5-7-13/h3-7,14,21H,8-10H2,1-2H3/t14-/m0/s1. The molecule has 1 N–H and O–H groups in total. The molecule has 0 aliphatic carbocycles. The fraction of sp³-hybridized carbons (Fsp3) is 0.353. The molecule has 3 rings (SSSR count). The van der Waals surface area contributed by atoms with E-state index in [1.165, 1.54) is 4.68 Å². The largest absolute Gasteiger partial charge is 0.391 e. The van der Waals surface area contributed by atoms with Gasteiger partial charge < -0.3 is 9.63 Å². The Bertz CT molecular complexity index is 868. The van der Waals surface area contributed by atoms with Gasteiger partial charge in [0, 0.05) is 0 Å². The Morgan fingerprint density at radius 3 is 2.74 bits per heavy atom. The van der Waals surface area contributed by atoms with Gasteiger partial charge in [0.1, 0.15) is 5.76 Å². The molecule has 0 aliphatic heterocycles. The minimum Gasteiger partial charge on any atom is -0.391 e. The van der Waals surface area contributed by atoms with E-state index in [1.54, 1.807) is 13.8 Å². The summed E-state index contributed by atoms with van der Waals surface area (Å²) in [6.45, 7) is 3.70. The summed E-state index contributed by atoms with van der Waals surface area (Å²) < 4.78 is 6.35. The van der Waals surface area contributed by atoms with Crippen molar-refractivity contribution in [3.05, 3.63) is 57.7 Å². The van der Waals surface area contributed by atoms with Crippen LogP contribution in [0.25, 0.3) is 10.9 Å². The van der Waals surface area contributed by atoms with Gasteiger partial charge in [0.2, 0.25) is 0 Å². The smallest absolute Gasteiger partial charge is 0.296 e. The zero-order chi connectivity index (χ0) is 16.4. The minimum atomic E-state index is -0.648. The number of hydrogen-bond acceptors (Lipinski definition) is 5. The molecule has 0 amide bonds. The van der Waals surface area contributed by atoms with E-state index in [4.69, 9.17) is 4.52 Å². The highest BCUT2D eigenvalue weighted by Gasteiger charge is 2.16. The molecule has 0 unspecified atom stereocenters. The van der Waals surface area contributed by atoms with Gasteiger partial charge in [-0.05, 0) is 32.3 Å². The lowest BCUT2D eigenvalue weighted by atomic mass is 10.1. The predicted octanol–water partition coefficient (Wildman–Crippen LogP) is 2.00. The van der Waals surface area contributed by atoms with Crippen LogP contribution in [0.5, 0.6) is 0 Å². The summed E-state index contributed by atoms with van der Waals surface area (Å²) in [5.41, 5.74) is 1.77. The highest BCUT2D eigenvalue weighted by molar-refractivity contribution is 5.81. The van der Waals surface area contributed by atoms with Gasteiger partial charge in [-0.1, -0.05) is 35.5 Å². The lowest BCUT2D eigenvalue weighted by molar-refractivity contribution is 0.138. The molecule has 0 spiro atoms. The lowest BCUT2D eigenvalue weighted by Crippen LogP contribution is -2.30. The lowest BCUT2D eigenvalue weighted by Gasteiger charge is -2.12. The predicted molar refractivity (Wildman–Crippen MR) is 86.3 cm³/mol. The number of aryl methyl sites for hydroxylation is 3. The van der Waals surface area contributed by atoms with Gasteiger partial charge in [0.05, 0.1) is 23.7 Å². The maximum atomic E-state index is 12.4. The topological polar surface area (TPSA) is 81.1 Å². The number of nitrogens with zero attached hydrogens (tertiary/aromatic N) is 3. The maximum Gasteiger partial charge on any atom is 0.296 e. The monoisotopic (exact) mass is 313 g/mol. The summed E-state index contributed by atoms with van der Waals surface area (Å²) in [6.07, 6.45) is 0.666. The van der Waals surface area contributed by atoms with E-state index in [1.807, 2.05) is 30.3 Å². The van der Waals surface area contributed by atoms with E-state index in [9.17, 15) is 9.90 Å². The fourth-order valence-corrected chi connectivity index (χ4v) is 2.74. The molecule has 0 aliphatic rings. The molecule has 6 nitrogen and oxygen atoms in total. The molecule has 1 aromatic carbocycles. The average Bonchev–Trinajstić information content (AvgIpc) is 2.94. The number of fused-ring (bicyclic) bond motifs is 1. The first kappa shape index (κ1) is 15.4. The van der Waals surface area contributed by atoms with E-state index < -0.39 is 6.10 Å². The molecule has 0 saturated carbocycles. The molecule has 0 bridgehead atoms. The van der Waals surface area contributed by atoms with Crippen molar-refractivity contribution in [2.24, 2.45) is 0 Å². The molecule has 0 radical (unpaired) electrons. The van der Waals surface area contributed by atoms with E-state index in [0.29, 0.717) is 23.3 Å². The zero-order valence-corrected chi connectivity index (χ0v) is 13.2. The Labute approximate surface area is 133 Å². The van der Waals surface area contributed by atoms with Crippen molar-refractivity contribution in [3.8, 4) is 0 Å². The second-order valence-corrected chi connectivity index (χ2v) is 5.71. The quantitative estimate of drug-likeness (QED) is 0.779. The van der Waals surface area contributed by atoms with Crippen LogP contribution in [-0.4, -0.2) is 26.1 Å². The first-order chi connectivity index (χ1) is 11.1. The second kappa shape index (κ2) is 6.34. The van der Waals surface area contributed by atoms with Gasteiger partial charge in [-0.2, -0.15) is 5.10 Å². The number of aromatic nitrogens is 3. The summed E-state index contributed by atoms with van der Waals surface area (Å²) in [6, 6.07) is 9.94. The van der Waals surface area contributed by atoms with Crippen molar-refractivity contribution >= 4 is 10.9 Å². The normalized spacial score (nSPS) is 12.7. The highest BCUT2D eigenvalue weighted by atomic mass is 16.5. The summed E-state index contributed by atoms with van der Waals surface area (Å²) in [5.74, 6) is 0.582. The highest BCUT2D eigenvalue weighted by Crippen LogP contribution is 2.16. The zero-order valence-electron chi connectivity index (χ0n) is 13.2. The Hall–Kier alpha value is -2.47.